The van der Waals surface area contributed by atoms with Gasteiger partial charge in [-0.1, -0.05) is 18.2 Å². The number of anilines is 1. The fourth-order valence-corrected chi connectivity index (χ4v) is 3.00. The number of hydrogen-bond acceptors (Lipinski definition) is 4. The van der Waals surface area contributed by atoms with Crippen molar-refractivity contribution in [3.8, 4) is 0 Å². The van der Waals surface area contributed by atoms with Crippen molar-refractivity contribution in [1.29, 1.82) is 0 Å². The van der Waals surface area contributed by atoms with E-state index in [1.165, 1.54) is 12.1 Å². The van der Waals surface area contributed by atoms with E-state index >= 15 is 0 Å². The second-order valence-electron chi connectivity index (χ2n) is 6.48. The maximum Gasteiger partial charge on any atom is 0.435 e. The summed E-state index contributed by atoms with van der Waals surface area (Å²) in [5, 5.41) is 12.2. The summed E-state index contributed by atoms with van der Waals surface area (Å²) in [6, 6.07) is 7.14. The molecule has 6 nitrogen and oxygen atoms in total. The topological polar surface area (TPSA) is 85.1 Å². The lowest BCUT2D eigenvalue weighted by atomic mass is 9.90. The van der Waals surface area contributed by atoms with E-state index in [-0.39, 0.29) is 17.3 Å². The van der Waals surface area contributed by atoms with Gasteiger partial charge in [0.25, 0.3) is 11.6 Å². The van der Waals surface area contributed by atoms with Crippen molar-refractivity contribution >= 4 is 28.2 Å². The molecule has 0 saturated carbocycles. The summed E-state index contributed by atoms with van der Waals surface area (Å²) in [5.74, 6) is -0.952. The normalized spacial score (nSPS) is 12.6. The molecule has 0 aliphatic carbocycles. The molecule has 0 aliphatic rings. The number of rotatable bonds is 4. The number of aromatic nitrogens is 1. The fourth-order valence-electron chi connectivity index (χ4n) is 3.00. The first-order valence-corrected chi connectivity index (χ1v) is 8.53. The van der Waals surface area contributed by atoms with E-state index < -0.39 is 51.0 Å². The van der Waals surface area contributed by atoms with Crippen LogP contribution in [-0.2, 0) is 5.67 Å². The lowest BCUT2D eigenvalue weighted by Gasteiger charge is -2.31. The molecule has 1 aromatic heterocycles. The van der Waals surface area contributed by atoms with Gasteiger partial charge in [0.05, 0.1) is 16.1 Å². The van der Waals surface area contributed by atoms with Gasteiger partial charge in [0.2, 0.25) is 0 Å². The van der Waals surface area contributed by atoms with Gasteiger partial charge in [-0.05, 0) is 18.2 Å². The first kappa shape index (κ1) is 22.9. The molecule has 0 atom stereocenters. The van der Waals surface area contributed by atoms with Crippen molar-refractivity contribution in [2.75, 3.05) is 5.32 Å². The summed E-state index contributed by atoms with van der Waals surface area (Å²) in [4.78, 5) is 26.2. The number of halogens is 7. The number of alkyl halides is 7. The standard InChI is InChI=1S/C19H10F7N3O3/c20-17(18(21,22)23,19(24,25)26)13-6-7-14(15-12(13)5-2-8-27-15)28-16(30)10-3-1-4-11(9-10)29(31)32/h1-9H,(H,28,30). The Morgan fingerprint density at radius 3 is 2.19 bits per heavy atom. The molecule has 13 heteroatoms. The number of benzene rings is 2. The largest absolute Gasteiger partial charge is 0.435 e. The van der Waals surface area contributed by atoms with Gasteiger partial charge in [-0.15, -0.1) is 0 Å². The fraction of sp³-hybridized carbons (Fsp3) is 0.158. The van der Waals surface area contributed by atoms with Crippen LogP contribution in [0.1, 0.15) is 15.9 Å². The van der Waals surface area contributed by atoms with Crippen LogP contribution in [0.25, 0.3) is 10.9 Å². The van der Waals surface area contributed by atoms with Gasteiger partial charge in [0, 0.05) is 34.8 Å². The lowest BCUT2D eigenvalue weighted by Crippen LogP contribution is -2.50. The number of non-ortho nitro benzene ring substituents is 1. The van der Waals surface area contributed by atoms with Crippen LogP contribution in [0.4, 0.5) is 42.1 Å². The zero-order valence-electron chi connectivity index (χ0n) is 15.5. The highest BCUT2D eigenvalue weighted by Crippen LogP contribution is 2.54. The van der Waals surface area contributed by atoms with E-state index in [9.17, 15) is 45.6 Å². The molecule has 1 heterocycles. The molecule has 0 spiro atoms. The smallest absolute Gasteiger partial charge is 0.320 e. The van der Waals surface area contributed by atoms with Crippen molar-refractivity contribution < 1.29 is 40.5 Å². The number of carbonyl (C=O) groups is 1. The van der Waals surface area contributed by atoms with Gasteiger partial charge < -0.3 is 5.32 Å². The molecular formula is C19H10F7N3O3. The number of fused-ring (bicyclic) bond motifs is 1. The van der Waals surface area contributed by atoms with Crippen LogP contribution >= 0.6 is 0 Å². The molecule has 1 amide bonds. The number of carbonyl (C=O) groups excluding carboxylic acids is 1. The maximum atomic E-state index is 14.6. The van der Waals surface area contributed by atoms with Crippen molar-refractivity contribution in [2.24, 2.45) is 0 Å². The quantitative estimate of drug-likeness (QED) is 0.308. The summed E-state index contributed by atoms with van der Waals surface area (Å²) in [6.07, 6.45) is -11.6. The highest BCUT2D eigenvalue weighted by atomic mass is 19.4. The van der Waals surface area contributed by atoms with Crippen LogP contribution < -0.4 is 5.32 Å². The highest BCUT2D eigenvalue weighted by molar-refractivity contribution is 6.09. The minimum atomic E-state index is -6.33. The van der Waals surface area contributed by atoms with E-state index in [4.69, 9.17) is 0 Å². The van der Waals surface area contributed by atoms with Crippen LogP contribution in [0.3, 0.4) is 0 Å². The molecule has 0 radical (unpaired) electrons. The summed E-state index contributed by atoms with van der Waals surface area (Å²) >= 11 is 0. The summed E-state index contributed by atoms with van der Waals surface area (Å²) in [7, 11) is 0. The summed E-state index contributed by atoms with van der Waals surface area (Å²) in [6.45, 7) is 0. The zero-order chi connectivity index (χ0) is 23.9. The van der Waals surface area contributed by atoms with Crippen LogP contribution in [0, 0.1) is 10.1 Å². The van der Waals surface area contributed by atoms with Gasteiger partial charge in [0.15, 0.2) is 0 Å². The van der Waals surface area contributed by atoms with Crippen molar-refractivity contribution in [3.05, 3.63) is 76.0 Å². The summed E-state index contributed by atoms with van der Waals surface area (Å²) < 4.78 is 93.9. The minimum absolute atomic E-state index is 0.210. The lowest BCUT2D eigenvalue weighted by molar-refractivity contribution is -0.384. The van der Waals surface area contributed by atoms with Crippen LogP contribution in [0.15, 0.2) is 54.7 Å². The van der Waals surface area contributed by atoms with Crippen LogP contribution in [0.2, 0.25) is 0 Å². The van der Waals surface area contributed by atoms with E-state index in [0.29, 0.717) is 6.07 Å². The van der Waals surface area contributed by atoms with Crippen molar-refractivity contribution in [1.82, 2.24) is 4.98 Å². The molecule has 0 fully saturated rings. The third kappa shape index (κ3) is 3.81. The minimum Gasteiger partial charge on any atom is -0.320 e. The average Bonchev–Trinajstić information content (AvgIpc) is 2.72. The van der Waals surface area contributed by atoms with Crippen molar-refractivity contribution in [2.45, 2.75) is 18.0 Å². The Morgan fingerprint density at radius 2 is 1.59 bits per heavy atom. The second-order valence-corrected chi connectivity index (χ2v) is 6.48. The molecule has 0 aliphatic heterocycles. The molecule has 1 N–H and O–H groups in total. The van der Waals surface area contributed by atoms with E-state index in [2.05, 4.69) is 10.3 Å². The Hall–Kier alpha value is -3.77. The van der Waals surface area contributed by atoms with E-state index in [1.54, 1.807) is 0 Å². The molecule has 168 valence electrons. The monoisotopic (exact) mass is 461 g/mol. The number of pyridine rings is 1. The molecule has 0 bridgehead atoms. The number of hydrogen-bond donors (Lipinski definition) is 1. The Kier molecular flexibility index (Phi) is 5.53. The van der Waals surface area contributed by atoms with E-state index in [0.717, 1.165) is 30.5 Å². The molecular weight excluding hydrogens is 451 g/mol. The summed E-state index contributed by atoms with van der Waals surface area (Å²) in [5.41, 5.74) is -8.93. The van der Waals surface area contributed by atoms with Crippen LogP contribution in [-0.4, -0.2) is 28.2 Å². The zero-order valence-corrected chi connectivity index (χ0v) is 15.5. The van der Waals surface area contributed by atoms with Crippen LogP contribution in [0.5, 0.6) is 0 Å². The number of nitro groups is 1. The highest BCUT2D eigenvalue weighted by Gasteiger charge is 2.74. The predicted molar refractivity (Wildman–Crippen MR) is 97.7 cm³/mol. The Labute approximate surface area is 173 Å². The Bertz CT molecular complexity index is 1190. The second kappa shape index (κ2) is 7.73. The molecule has 3 aromatic rings. The number of nitrogens with one attached hydrogen (secondary N) is 1. The van der Waals surface area contributed by atoms with E-state index in [1.807, 2.05) is 0 Å². The van der Waals surface area contributed by atoms with Gasteiger partial charge in [-0.3, -0.25) is 19.9 Å². The third-order valence-electron chi connectivity index (χ3n) is 4.49. The Balaban J connectivity index is 2.13. The average molecular weight is 461 g/mol. The third-order valence-corrected chi connectivity index (χ3v) is 4.49. The molecule has 32 heavy (non-hydrogen) atoms. The first-order valence-electron chi connectivity index (χ1n) is 8.53. The predicted octanol–water partition coefficient (Wildman–Crippen LogP) is 5.68. The van der Waals surface area contributed by atoms with Gasteiger partial charge in [-0.25, -0.2) is 4.39 Å². The number of nitrogens with zero attached hydrogens (tertiary/aromatic N) is 2. The maximum absolute atomic E-state index is 14.6. The number of amides is 1. The Morgan fingerprint density at radius 1 is 0.938 bits per heavy atom. The molecule has 3 rings (SSSR count). The van der Waals surface area contributed by atoms with Gasteiger partial charge in [-0.2, -0.15) is 26.3 Å². The number of nitro benzene ring substituents is 1. The molecule has 0 unspecified atom stereocenters. The molecule has 2 aromatic carbocycles. The first-order chi connectivity index (χ1) is 14.8. The van der Waals surface area contributed by atoms with Gasteiger partial charge in [0.1, 0.15) is 0 Å². The SMILES string of the molecule is O=C(Nc1ccc(C(F)(C(F)(F)F)C(F)(F)F)c2cccnc12)c1cccc([N+](=O)[O-])c1. The van der Waals surface area contributed by atoms with Crippen molar-refractivity contribution in [3.63, 3.8) is 0 Å². The van der Waals surface area contributed by atoms with Gasteiger partial charge >= 0.3 is 18.0 Å². The molecule has 0 saturated heterocycles.